The average molecular weight is 363 g/mol. The molecule has 0 saturated heterocycles. The number of fused-ring (bicyclic) bond motifs is 1. The average Bonchev–Trinajstić information content (AvgIpc) is 2.79. The minimum absolute atomic E-state index is 0.240. The summed E-state index contributed by atoms with van der Waals surface area (Å²) >= 11 is 12.6. The molecular formula is C18H16Cl2N2O2. The van der Waals surface area contributed by atoms with E-state index in [-0.39, 0.29) is 11.8 Å². The molecular weight excluding hydrogens is 347 g/mol. The minimum Gasteiger partial charge on any atom is -0.341 e. The topological polar surface area (TPSA) is 49.4 Å². The third-order valence-corrected chi connectivity index (χ3v) is 4.63. The van der Waals surface area contributed by atoms with Crippen LogP contribution in [0, 0.1) is 6.92 Å². The summed E-state index contributed by atoms with van der Waals surface area (Å²) < 4.78 is 0. The molecule has 1 aliphatic heterocycles. The first-order valence-electron chi connectivity index (χ1n) is 7.50. The van der Waals surface area contributed by atoms with Crippen LogP contribution in [0.3, 0.4) is 0 Å². The summed E-state index contributed by atoms with van der Waals surface area (Å²) in [6.07, 6.45) is 0. The second-order valence-corrected chi connectivity index (χ2v) is 6.65. The van der Waals surface area contributed by atoms with Gasteiger partial charge in [-0.1, -0.05) is 53.0 Å². The number of nitrogens with zero attached hydrogens (tertiary/aromatic N) is 1. The van der Waals surface area contributed by atoms with Crippen molar-refractivity contribution in [2.24, 2.45) is 0 Å². The van der Waals surface area contributed by atoms with Crippen LogP contribution < -0.4 is 10.2 Å². The van der Waals surface area contributed by atoms with Gasteiger partial charge >= 0.3 is 0 Å². The third kappa shape index (κ3) is 2.99. The predicted molar refractivity (Wildman–Crippen MR) is 95.4 cm³/mol. The molecule has 2 amide bonds. The summed E-state index contributed by atoms with van der Waals surface area (Å²) in [5.41, 5.74) is 3.23. The number of halogens is 2. The monoisotopic (exact) mass is 362 g/mol. The highest BCUT2D eigenvalue weighted by Gasteiger charge is 2.40. The van der Waals surface area contributed by atoms with E-state index >= 15 is 0 Å². The highest BCUT2D eigenvalue weighted by molar-refractivity contribution is 6.38. The van der Waals surface area contributed by atoms with E-state index < -0.39 is 6.04 Å². The van der Waals surface area contributed by atoms with Crippen molar-refractivity contribution in [1.82, 2.24) is 5.32 Å². The fraction of sp³-hybridized carbons (Fsp3) is 0.222. The number of benzene rings is 2. The molecule has 0 fully saturated rings. The molecule has 0 bridgehead atoms. The van der Waals surface area contributed by atoms with Gasteiger partial charge in [-0.25, -0.2) is 0 Å². The van der Waals surface area contributed by atoms with E-state index in [9.17, 15) is 9.59 Å². The van der Waals surface area contributed by atoms with Crippen LogP contribution in [0.2, 0.25) is 10.0 Å². The standard InChI is InChI=1S/C18H16Cl2N2O2/c1-10-3-5-12(6-4-10)9-22-17-14(20)8-7-13(19)15(17)16(18(22)24)21-11(2)23/h3-8,16H,9H2,1-2H3,(H,21,23). The maximum Gasteiger partial charge on any atom is 0.254 e. The van der Waals surface area contributed by atoms with Crippen molar-refractivity contribution in [1.29, 1.82) is 0 Å². The van der Waals surface area contributed by atoms with Crippen LogP contribution in [0.15, 0.2) is 36.4 Å². The molecule has 2 aromatic rings. The zero-order chi connectivity index (χ0) is 17.4. The first-order chi connectivity index (χ1) is 11.4. The number of aryl methyl sites for hydroxylation is 1. The largest absolute Gasteiger partial charge is 0.341 e. The van der Waals surface area contributed by atoms with Gasteiger partial charge in [-0.05, 0) is 24.6 Å². The van der Waals surface area contributed by atoms with Gasteiger partial charge in [-0.15, -0.1) is 0 Å². The molecule has 4 nitrogen and oxygen atoms in total. The lowest BCUT2D eigenvalue weighted by Crippen LogP contribution is -2.36. The molecule has 124 valence electrons. The van der Waals surface area contributed by atoms with Crippen LogP contribution in [0.5, 0.6) is 0 Å². The Morgan fingerprint density at radius 2 is 1.75 bits per heavy atom. The van der Waals surface area contributed by atoms with E-state index in [0.717, 1.165) is 11.1 Å². The Bertz CT molecular complexity index is 819. The van der Waals surface area contributed by atoms with Crippen molar-refractivity contribution in [2.45, 2.75) is 26.4 Å². The minimum atomic E-state index is -0.811. The van der Waals surface area contributed by atoms with Gasteiger partial charge in [-0.3, -0.25) is 9.59 Å². The fourth-order valence-corrected chi connectivity index (χ4v) is 3.39. The Hall–Kier alpha value is -2.04. The number of rotatable bonds is 3. The number of carbonyl (C=O) groups excluding carboxylic acids is 2. The van der Waals surface area contributed by atoms with Crippen molar-refractivity contribution in [3.8, 4) is 0 Å². The van der Waals surface area contributed by atoms with E-state index in [4.69, 9.17) is 23.2 Å². The Morgan fingerprint density at radius 1 is 1.12 bits per heavy atom. The van der Waals surface area contributed by atoms with Crippen LogP contribution in [-0.2, 0) is 16.1 Å². The van der Waals surface area contributed by atoms with Crippen LogP contribution in [0.4, 0.5) is 5.69 Å². The number of nitrogens with one attached hydrogen (secondary N) is 1. The molecule has 2 aromatic carbocycles. The molecule has 1 heterocycles. The quantitative estimate of drug-likeness (QED) is 0.895. The van der Waals surface area contributed by atoms with Gasteiger partial charge in [0.15, 0.2) is 0 Å². The van der Waals surface area contributed by atoms with Gasteiger partial charge in [0.25, 0.3) is 5.91 Å². The third-order valence-electron chi connectivity index (χ3n) is 4.00. The number of hydrogen-bond donors (Lipinski definition) is 1. The highest BCUT2D eigenvalue weighted by atomic mass is 35.5. The summed E-state index contributed by atoms with van der Waals surface area (Å²) in [4.78, 5) is 25.9. The highest BCUT2D eigenvalue weighted by Crippen LogP contribution is 2.45. The zero-order valence-electron chi connectivity index (χ0n) is 13.3. The summed E-state index contributed by atoms with van der Waals surface area (Å²) in [5.74, 6) is -0.539. The maximum atomic E-state index is 12.9. The predicted octanol–water partition coefficient (Wildman–Crippen LogP) is 4.03. The van der Waals surface area contributed by atoms with Gasteiger partial charge in [0.05, 0.1) is 17.3 Å². The molecule has 0 saturated carbocycles. The van der Waals surface area contributed by atoms with Crippen LogP contribution >= 0.6 is 23.2 Å². The van der Waals surface area contributed by atoms with Crippen molar-refractivity contribution >= 4 is 40.7 Å². The normalized spacial score (nSPS) is 16.2. The Morgan fingerprint density at radius 3 is 2.38 bits per heavy atom. The molecule has 0 spiro atoms. The molecule has 6 heteroatoms. The number of amides is 2. The van der Waals surface area contributed by atoms with Gasteiger partial charge in [-0.2, -0.15) is 0 Å². The van der Waals surface area contributed by atoms with Crippen LogP contribution in [-0.4, -0.2) is 11.8 Å². The maximum absolute atomic E-state index is 12.9. The van der Waals surface area contributed by atoms with Gasteiger partial charge in [0.2, 0.25) is 5.91 Å². The summed E-state index contributed by atoms with van der Waals surface area (Å²) in [6, 6.07) is 10.4. The van der Waals surface area contributed by atoms with E-state index in [1.54, 1.807) is 17.0 Å². The summed E-state index contributed by atoms with van der Waals surface area (Å²) in [7, 11) is 0. The molecule has 24 heavy (non-hydrogen) atoms. The molecule has 0 aliphatic carbocycles. The second-order valence-electron chi connectivity index (χ2n) is 5.84. The SMILES string of the molecule is CC(=O)NC1C(=O)N(Cc2ccc(C)cc2)c2c(Cl)ccc(Cl)c21. The van der Waals surface area contributed by atoms with Gasteiger partial charge in [0, 0.05) is 17.5 Å². The van der Waals surface area contributed by atoms with Gasteiger partial charge < -0.3 is 10.2 Å². The molecule has 1 unspecified atom stereocenters. The van der Waals surface area contributed by atoms with Crippen molar-refractivity contribution < 1.29 is 9.59 Å². The summed E-state index contributed by atoms with van der Waals surface area (Å²) in [6.45, 7) is 3.74. The second kappa shape index (κ2) is 6.46. The summed E-state index contributed by atoms with van der Waals surface area (Å²) in [5, 5.41) is 3.51. The Labute approximate surface area is 150 Å². The molecule has 3 rings (SSSR count). The number of anilines is 1. The molecule has 1 atom stereocenters. The van der Waals surface area contributed by atoms with Crippen molar-refractivity contribution in [3.05, 3.63) is 63.1 Å². The lowest BCUT2D eigenvalue weighted by atomic mass is 10.1. The molecule has 1 N–H and O–H groups in total. The lowest BCUT2D eigenvalue weighted by Gasteiger charge is -2.19. The van der Waals surface area contributed by atoms with Gasteiger partial charge in [0.1, 0.15) is 6.04 Å². The zero-order valence-corrected chi connectivity index (χ0v) is 14.8. The van der Waals surface area contributed by atoms with Crippen molar-refractivity contribution in [2.75, 3.05) is 4.90 Å². The van der Waals surface area contributed by atoms with Crippen LogP contribution in [0.25, 0.3) is 0 Å². The Kier molecular flexibility index (Phi) is 4.52. The first-order valence-corrected chi connectivity index (χ1v) is 8.26. The van der Waals surface area contributed by atoms with E-state index in [1.807, 2.05) is 31.2 Å². The number of hydrogen-bond acceptors (Lipinski definition) is 2. The molecule has 0 aromatic heterocycles. The van der Waals surface area contributed by atoms with E-state index in [1.165, 1.54) is 6.92 Å². The Balaban J connectivity index is 2.05. The lowest BCUT2D eigenvalue weighted by molar-refractivity contribution is -0.126. The fourth-order valence-electron chi connectivity index (χ4n) is 2.87. The van der Waals surface area contributed by atoms with Crippen LogP contribution in [0.1, 0.15) is 29.7 Å². The first kappa shape index (κ1) is 16.8. The van der Waals surface area contributed by atoms with E-state index in [0.29, 0.717) is 27.8 Å². The molecule has 1 aliphatic rings. The van der Waals surface area contributed by atoms with E-state index in [2.05, 4.69) is 5.32 Å². The number of carbonyl (C=O) groups is 2. The molecule has 0 radical (unpaired) electrons. The van der Waals surface area contributed by atoms with Crippen molar-refractivity contribution in [3.63, 3.8) is 0 Å². The smallest absolute Gasteiger partial charge is 0.254 e.